The number of thiazole rings is 1. The van der Waals surface area contributed by atoms with Crippen molar-refractivity contribution >= 4 is 27.2 Å². The number of nitro benzene ring substituents is 1. The minimum absolute atomic E-state index is 0.00621. The monoisotopic (exact) mass is 338 g/mol. The second kappa shape index (κ2) is 5.43. The molecule has 2 aromatic heterocycles. The summed E-state index contributed by atoms with van der Waals surface area (Å²) in [6, 6.07) is 15.1. The van der Waals surface area contributed by atoms with E-state index in [0.717, 1.165) is 10.2 Å². The van der Waals surface area contributed by atoms with E-state index in [4.69, 9.17) is 0 Å². The lowest BCUT2D eigenvalue weighted by Gasteiger charge is -1.98. The number of aromatic amines is 1. The van der Waals surface area contributed by atoms with E-state index in [1.54, 1.807) is 12.1 Å². The smallest absolute Gasteiger partial charge is 0.273 e. The number of para-hydroxylation sites is 1. The number of rotatable bonds is 3. The molecule has 0 fully saturated rings. The van der Waals surface area contributed by atoms with Crippen molar-refractivity contribution in [1.82, 2.24) is 14.8 Å². The van der Waals surface area contributed by atoms with Crippen LogP contribution in [0.15, 0.2) is 59.4 Å². The minimum Gasteiger partial charge on any atom is -0.288 e. The first-order chi connectivity index (χ1) is 11.6. The van der Waals surface area contributed by atoms with E-state index in [1.165, 1.54) is 34.2 Å². The number of non-ortho nitro benzene ring substituents is 1. The Balaban J connectivity index is 1.76. The molecule has 0 aliphatic rings. The molecule has 0 saturated carbocycles. The molecule has 0 aliphatic heterocycles. The quantitative estimate of drug-likeness (QED) is 0.458. The summed E-state index contributed by atoms with van der Waals surface area (Å²) in [4.78, 5) is 27.0. The van der Waals surface area contributed by atoms with E-state index in [-0.39, 0.29) is 11.2 Å². The van der Waals surface area contributed by atoms with Gasteiger partial charge in [-0.3, -0.25) is 20.0 Å². The average molecular weight is 338 g/mol. The van der Waals surface area contributed by atoms with Gasteiger partial charge in [-0.15, -0.1) is 0 Å². The van der Waals surface area contributed by atoms with Crippen molar-refractivity contribution in [3.05, 3.63) is 75.1 Å². The molecule has 4 rings (SSSR count). The van der Waals surface area contributed by atoms with Gasteiger partial charge in [0.15, 0.2) is 0 Å². The van der Waals surface area contributed by atoms with Gasteiger partial charge >= 0.3 is 0 Å². The fourth-order valence-electron chi connectivity index (χ4n) is 2.40. The molecule has 0 unspecified atom stereocenters. The molecule has 7 nitrogen and oxygen atoms in total. The van der Waals surface area contributed by atoms with Crippen LogP contribution < -0.4 is 5.56 Å². The van der Waals surface area contributed by atoms with Crippen LogP contribution in [-0.2, 0) is 0 Å². The molecule has 0 amide bonds. The highest BCUT2D eigenvalue weighted by molar-refractivity contribution is 7.20. The van der Waals surface area contributed by atoms with Gasteiger partial charge in [-0.05, 0) is 24.3 Å². The standard InChI is InChI=1S/C16H10N4O3S/c21-15-9-13(10-5-7-11(8-6-10)20(22)23)18-19(15)16-17-12-3-1-2-4-14(12)24-16/h1-9,18H. The molecule has 8 heteroatoms. The molecule has 0 spiro atoms. The lowest BCUT2D eigenvalue weighted by atomic mass is 10.1. The predicted molar refractivity (Wildman–Crippen MR) is 91.7 cm³/mol. The van der Waals surface area contributed by atoms with Crippen LogP contribution in [0.2, 0.25) is 0 Å². The highest BCUT2D eigenvalue weighted by Crippen LogP contribution is 2.25. The van der Waals surface area contributed by atoms with E-state index in [9.17, 15) is 14.9 Å². The van der Waals surface area contributed by atoms with E-state index in [1.807, 2.05) is 24.3 Å². The fourth-order valence-corrected chi connectivity index (χ4v) is 3.34. The summed E-state index contributed by atoms with van der Waals surface area (Å²) in [7, 11) is 0. The topological polar surface area (TPSA) is 93.8 Å². The van der Waals surface area contributed by atoms with Crippen molar-refractivity contribution in [2.75, 3.05) is 0 Å². The Kier molecular flexibility index (Phi) is 3.24. The third kappa shape index (κ3) is 2.38. The molecule has 0 atom stereocenters. The first-order valence-corrected chi connectivity index (χ1v) is 7.86. The van der Waals surface area contributed by atoms with Crippen LogP contribution in [0.25, 0.3) is 26.6 Å². The SMILES string of the molecule is O=c1cc(-c2ccc([N+](=O)[O-])cc2)[nH]n1-c1nc2ccccc2s1. The normalized spacial score (nSPS) is 11.0. The maximum atomic E-state index is 12.3. The maximum absolute atomic E-state index is 12.3. The lowest BCUT2D eigenvalue weighted by Crippen LogP contribution is -2.12. The maximum Gasteiger partial charge on any atom is 0.273 e. The van der Waals surface area contributed by atoms with Crippen LogP contribution in [0.5, 0.6) is 0 Å². The van der Waals surface area contributed by atoms with E-state index < -0.39 is 4.92 Å². The molecule has 2 heterocycles. The van der Waals surface area contributed by atoms with Gasteiger partial charge in [0.2, 0.25) is 5.13 Å². The van der Waals surface area contributed by atoms with Gasteiger partial charge in [-0.2, -0.15) is 4.68 Å². The Labute approximate surface area is 139 Å². The number of H-pyrrole nitrogens is 1. The van der Waals surface area contributed by atoms with Crippen LogP contribution in [0, 0.1) is 10.1 Å². The summed E-state index contributed by atoms with van der Waals surface area (Å²) in [5.74, 6) is 0. The molecule has 0 radical (unpaired) electrons. The third-order valence-corrected chi connectivity index (χ3v) is 4.61. The van der Waals surface area contributed by atoms with Crippen LogP contribution in [-0.4, -0.2) is 19.7 Å². The summed E-state index contributed by atoms with van der Waals surface area (Å²) in [6.07, 6.45) is 0. The molecule has 0 saturated heterocycles. The number of nitro groups is 1. The zero-order valence-electron chi connectivity index (χ0n) is 12.2. The third-order valence-electron chi connectivity index (χ3n) is 3.58. The van der Waals surface area contributed by atoms with Crippen LogP contribution in [0.1, 0.15) is 0 Å². The van der Waals surface area contributed by atoms with Gasteiger partial charge in [0.1, 0.15) is 0 Å². The summed E-state index contributed by atoms with van der Waals surface area (Å²) in [5.41, 5.74) is 1.87. The molecule has 118 valence electrons. The molecule has 4 aromatic rings. The second-order valence-corrected chi connectivity index (χ2v) is 6.12. The largest absolute Gasteiger partial charge is 0.288 e. The minimum atomic E-state index is -0.460. The van der Waals surface area contributed by atoms with Gasteiger partial charge in [0.25, 0.3) is 11.2 Å². The number of hydrogen-bond donors (Lipinski definition) is 1. The van der Waals surface area contributed by atoms with Gasteiger partial charge in [0.05, 0.1) is 20.8 Å². The van der Waals surface area contributed by atoms with Gasteiger partial charge in [-0.1, -0.05) is 23.5 Å². The van der Waals surface area contributed by atoms with Gasteiger partial charge < -0.3 is 0 Å². The van der Waals surface area contributed by atoms with Crippen molar-refractivity contribution < 1.29 is 4.92 Å². The van der Waals surface area contributed by atoms with E-state index in [2.05, 4.69) is 10.1 Å². The van der Waals surface area contributed by atoms with Crippen molar-refractivity contribution in [2.24, 2.45) is 0 Å². The number of nitrogens with one attached hydrogen (secondary N) is 1. The van der Waals surface area contributed by atoms with Crippen molar-refractivity contribution in [3.63, 3.8) is 0 Å². The van der Waals surface area contributed by atoms with Crippen LogP contribution in [0.3, 0.4) is 0 Å². The Bertz CT molecular complexity index is 1080. The Morgan fingerprint density at radius 1 is 1.12 bits per heavy atom. The average Bonchev–Trinajstić information content (AvgIpc) is 3.18. The van der Waals surface area contributed by atoms with Gasteiger partial charge in [-0.25, -0.2) is 4.98 Å². The first kappa shape index (κ1) is 14.3. The molecular weight excluding hydrogens is 328 g/mol. The Morgan fingerprint density at radius 3 is 2.58 bits per heavy atom. The summed E-state index contributed by atoms with van der Waals surface area (Å²) in [6.45, 7) is 0. The second-order valence-electron chi connectivity index (χ2n) is 5.11. The summed E-state index contributed by atoms with van der Waals surface area (Å²) in [5, 5.41) is 14.3. The van der Waals surface area contributed by atoms with E-state index in [0.29, 0.717) is 16.4 Å². The zero-order chi connectivity index (χ0) is 16.7. The van der Waals surface area contributed by atoms with Gasteiger partial charge in [0, 0.05) is 23.8 Å². The van der Waals surface area contributed by atoms with Crippen molar-refractivity contribution in [1.29, 1.82) is 0 Å². The Hall–Kier alpha value is -3.26. The lowest BCUT2D eigenvalue weighted by molar-refractivity contribution is -0.384. The first-order valence-electron chi connectivity index (χ1n) is 7.05. The summed E-state index contributed by atoms with van der Waals surface area (Å²) < 4.78 is 2.37. The molecule has 1 N–H and O–H groups in total. The van der Waals surface area contributed by atoms with E-state index >= 15 is 0 Å². The number of aromatic nitrogens is 3. The number of hydrogen-bond acceptors (Lipinski definition) is 5. The Morgan fingerprint density at radius 2 is 1.88 bits per heavy atom. The molecule has 0 bridgehead atoms. The van der Waals surface area contributed by atoms with Crippen LogP contribution >= 0.6 is 11.3 Å². The predicted octanol–water partition coefficient (Wildman–Crippen LogP) is 3.35. The van der Waals surface area contributed by atoms with Crippen LogP contribution in [0.4, 0.5) is 5.69 Å². The molecule has 2 aromatic carbocycles. The molecular formula is C16H10N4O3S. The number of nitrogens with zero attached hydrogens (tertiary/aromatic N) is 3. The highest BCUT2D eigenvalue weighted by atomic mass is 32.1. The van der Waals surface area contributed by atoms with Crippen molar-refractivity contribution in [2.45, 2.75) is 0 Å². The van der Waals surface area contributed by atoms with Crippen molar-refractivity contribution in [3.8, 4) is 16.4 Å². The molecule has 0 aliphatic carbocycles. The fraction of sp³-hybridized carbons (Fsp3) is 0. The molecule has 24 heavy (non-hydrogen) atoms. The zero-order valence-corrected chi connectivity index (χ0v) is 13.0. The number of benzene rings is 2. The summed E-state index contributed by atoms with van der Waals surface area (Å²) >= 11 is 1.41. The number of fused-ring (bicyclic) bond motifs is 1. The highest BCUT2D eigenvalue weighted by Gasteiger charge is 2.12.